The predicted molar refractivity (Wildman–Crippen MR) is 61.1 cm³/mol. The van der Waals surface area contributed by atoms with Crippen molar-refractivity contribution in [2.24, 2.45) is 0 Å². The molecule has 1 atom stereocenters. The van der Waals surface area contributed by atoms with Gasteiger partial charge in [0, 0.05) is 0 Å². The summed E-state index contributed by atoms with van der Waals surface area (Å²) in [5, 5.41) is 20.0. The van der Waals surface area contributed by atoms with E-state index in [0.29, 0.717) is 5.56 Å². The quantitative estimate of drug-likeness (QED) is 0.779. The molecule has 80 valence electrons. The first-order valence-electron chi connectivity index (χ1n) is 4.90. The van der Waals surface area contributed by atoms with E-state index in [-0.39, 0.29) is 0 Å². The Hall–Kier alpha value is -2.05. The zero-order valence-corrected chi connectivity index (χ0v) is 8.84. The van der Waals surface area contributed by atoms with E-state index in [4.69, 9.17) is 10.00 Å². The van der Waals surface area contributed by atoms with Crippen molar-refractivity contribution in [3.8, 4) is 11.8 Å². The SMILES string of the molecule is COc1ccc2cc(C(O)C#N)ccc2c1. The van der Waals surface area contributed by atoms with Crippen molar-refractivity contribution in [3.05, 3.63) is 42.0 Å². The van der Waals surface area contributed by atoms with Crippen molar-refractivity contribution in [1.82, 2.24) is 0 Å². The Bertz CT molecular complexity index is 557. The first-order chi connectivity index (χ1) is 7.74. The lowest BCUT2D eigenvalue weighted by Crippen LogP contribution is -1.92. The van der Waals surface area contributed by atoms with Crippen LogP contribution in [0.3, 0.4) is 0 Å². The highest BCUT2D eigenvalue weighted by Crippen LogP contribution is 2.24. The number of rotatable bonds is 2. The Morgan fingerprint density at radius 1 is 1.19 bits per heavy atom. The molecule has 0 aromatic heterocycles. The largest absolute Gasteiger partial charge is 0.497 e. The Kier molecular flexibility index (Phi) is 2.76. The lowest BCUT2D eigenvalue weighted by molar-refractivity contribution is 0.236. The molecule has 0 aliphatic carbocycles. The maximum atomic E-state index is 9.40. The number of ether oxygens (including phenoxy) is 1. The summed E-state index contributed by atoms with van der Waals surface area (Å²) in [6, 6.07) is 12.9. The third-order valence-corrected chi connectivity index (χ3v) is 2.51. The third-order valence-electron chi connectivity index (χ3n) is 2.51. The fraction of sp³-hybridized carbons (Fsp3) is 0.154. The van der Waals surface area contributed by atoms with Gasteiger partial charge in [-0.25, -0.2) is 0 Å². The second-order valence-electron chi connectivity index (χ2n) is 3.50. The maximum absolute atomic E-state index is 9.40. The molecule has 0 aliphatic heterocycles. The Morgan fingerprint density at radius 2 is 1.88 bits per heavy atom. The van der Waals surface area contributed by atoms with Gasteiger partial charge in [-0.2, -0.15) is 5.26 Å². The van der Waals surface area contributed by atoms with Gasteiger partial charge in [0.05, 0.1) is 13.2 Å². The number of hydrogen-bond acceptors (Lipinski definition) is 3. The molecule has 0 saturated heterocycles. The van der Waals surface area contributed by atoms with Crippen LogP contribution in [0.4, 0.5) is 0 Å². The minimum atomic E-state index is -1.06. The molecule has 0 amide bonds. The topological polar surface area (TPSA) is 53.2 Å². The van der Waals surface area contributed by atoms with Crippen molar-refractivity contribution in [1.29, 1.82) is 5.26 Å². The summed E-state index contributed by atoms with van der Waals surface area (Å²) < 4.78 is 5.12. The van der Waals surface area contributed by atoms with Crippen LogP contribution in [0.25, 0.3) is 10.8 Å². The van der Waals surface area contributed by atoms with Gasteiger partial charge in [0.15, 0.2) is 6.10 Å². The van der Waals surface area contributed by atoms with Crippen LogP contribution < -0.4 is 4.74 Å². The molecule has 0 saturated carbocycles. The maximum Gasteiger partial charge on any atom is 0.165 e. The molecule has 1 unspecified atom stereocenters. The number of aliphatic hydroxyl groups excluding tert-OH is 1. The van der Waals surface area contributed by atoms with E-state index in [2.05, 4.69) is 0 Å². The molecular formula is C13H11NO2. The van der Waals surface area contributed by atoms with Crippen molar-refractivity contribution in [2.45, 2.75) is 6.10 Å². The molecule has 2 aromatic carbocycles. The van der Waals surface area contributed by atoms with Crippen LogP contribution in [0, 0.1) is 11.3 Å². The molecule has 2 aromatic rings. The molecule has 2 rings (SSSR count). The average Bonchev–Trinajstić information content (AvgIpc) is 2.36. The highest BCUT2D eigenvalue weighted by Gasteiger charge is 2.06. The molecule has 0 spiro atoms. The van der Waals surface area contributed by atoms with Gasteiger partial charge in [-0.1, -0.05) is 18.2 Å². The van der Waals surface area contributed by atoms with Crippen molar-refractivity contribution < 1.29 is 9.84 Å². The fourth-order valence-electron chi connectivity index (χ4n) is 1.61. The lowest BCUT2D eigenvalue weighted by Gasteiger charge is -2.06. The molecular weight excluding hydrogens is 202 g/mol. The van der Waals surface area contributed by atoms with E-state index in [1.165, 1.54) is 0 Å². The molecule has 0 aliphatic rings. The zero-order chi connectivity index (χ0) is 11.5. The number of nitriles is 1. The lowest BCUT2D eigenvalue weighted by atomic mass is 10.0. The molecule has 1 N–H and O–H groups in total. The molecule has 0 fully saturated rings. The van der Waals surface area contributed by atoms with E-state index in [1.54, 1.807) is 19.2 Å². The highest BCUT2D eigenvalue weighted by atomic mass is 16.5. The fourth-order valence-corrected chi connectivity index (χ4v) is 1.61. The van der Waals surface area contributed by atoms with Crippen LogP contribution in [0.2, 0.25) is 0 Å². The van der Waals surface area contributed by atoms with E-state index in [9.17, 15) is 5.11 Å². The van der Waals surface area contributed by atoms with Crippen molar-refractivity contribution in [2.75, 3.05) is 7.11 Å². The number of nitrogens with zero attached hydrogens (tertiary/aromatic N) is 1. The molecule has 3 nitrogen and oxygen atoms in total. The van der Waals surface area contributed by atoms with Gasteiger partial charge in [-0.15, -0.1) is 0 Å². The van der Waals surface area contributed by atoms with Gasteiger partial charge < -0.3 is 9.84 Å². The number of hydrogen-bond donors (Lipinski definition) is 1. The van der Waals surface area contributed by atoms with E-state index < -0.39 is 6.10 Å². The highest BCUT2D eigenvalue weighted by molar-refractivity contribution is 5.84. The Balaban J connectivity index is 2.52. The minimum Gasteiger partial charge on any atom is -0.497 e. The number of benzene rings is 2. The monoisotopic (exact) mass is 213 g/mol. The Labute approximate surface area is 93.5 Å². The van der Waals surface area contributed by atoms with E-state index >= 15 is 0 Å². The summed E-state index contributed by atoms with van der Waals surface area (Å²) in [6.45, 7) is 0. The molecule has 0 radical (unpaired) electrons. The summed E-state index contributed by atoms with van der Waals surface area (Å²) >= 11 is 0. The van der Waals surface area contributed by atoms with Crippen molar-refractivity contribution in [3.63, 3.8) is 0 Å². The zero-order valence-electron chi connectivity index (χ0n) is 8.84. The van der Waals surface area contributed by atoms with Gasteiger partial charge in [0.1, 0.15) is 5.75 Å². The summed E-state index contributed by atoms with van der Waals surface area (Å²) in [6.07, 6.45) is -1.06. The van der Waals surface area contributed by atoms with Gasteiger partial charge >= 0.3 is 0 Å². The normalized spacial score (nSPS) is 12.1. The molecule has 0 bridgehead atoms. The van der Waals surface area contributed by atoms with E-state index in [1.807, 2.05) is 30.3 Å². The van der Waals surface area contributed by atoms with Crippen LogP contribution in [-0.2, 0) is 0 Å². The van der Waals surface area contributed by atoms with Gasteiger partial charge in [0.25, 0.3) is 0 Å². The average molecular weight is 213 g/mol. The summed E-state index contributed by atoms with van der Waals surface area (Å²) in [5.41, 5.74) is 0.611. The Morgan fingerprint density at radius 3 is 2.56 bits per heavy atom. The van der Waals surface area contributed by atoms with Gasteiger partial charge in [-0.05, 0) is 34.5 Å². The molecule has 3 heteroatoms. The smallest absolute Gasteiger partial charge is 0.165 e. The second kappa shape index (κ2) is 4.21. The van der Waals surface area contributed by atoms with Crippen LogP contribution >= 0.6 is 0 Å². The summed E-state index contributed by atoms with van der Waals surface area (Å²) in [4.78, 5) is 0. The van der Waals surface area contributed by atoms with Crippen LogP contribution in [-0.4, -0.2) is 12.2 Å². The predicted octanol–water partition coefficient (Wildman–Crippen LogP) is 2.41. The van der Waals surface area contributed by atoms with Crippen LogP contribution in [0.5, 0.6) is 5.75 Å². The first kappa shape index (κ1) is 10.5. The third kappa shape index (κ3) is 1.83. The van der Waals surface area contributed by atoms with Gasteiger partial charge in [-0.3, -0.25) is 0 Å². The molecule has 16 heavy (non-hydrogen) atoms. The summed E-state index contributed by atoms with van der Waals surface area (Å²) in [5.74, 6) is 0.793. The first-order valence-corrected chi connectivity index (χ1v) is 4.90. The number of fused-ring (bicyclic) bond motifs is 1. The summed E-state index contributed by atoms with van der Waals surface area (Å²) in [7, 11) is 1.62. The van der Waals surface area contributed by atoms with E-state index in [0.717, 1.165) is 16.5 Å². The second-order valence-corrected chi connectivity index (χ2v) is 3.50. The number of aliphatic hydroxyl groups is 1. The molecule has 0 heterocycles. The van der Waals surface area contributed by atoms with Crippen LogP contribution in [0.15, 0.2) is 36.4 Å². The number of methoxy groups -OCH3 is 1. The standard InChI is InChI=1S/C13H11NO2/c1-16-12-5-4-9-6-11(13(15)8-14)3-2-10(9)7-12/h2-7,13,15H,1H3. The van der Waals surface area contributed by atoms with Gasteiger partial charge in [0.2, 0.25) is 0 Å². The minimum absolute atomic E-state index is 0.611. The van der Waals surface area contributed by atoms with Crippen LogP contribution in [0.1, 0.15) is 11.7 Å². The van der Waals surface area contributed by atoms with Crippen molar-refractivity contribution >= 4 is 10.8 Å².